The number of carbonyl (C=O) groups is 1. The summed E-state index contributed by atoms with van der Waals surface area (Å²) >= 11 is 0. The van der Waals surface area contributed by atoms with Crippen molar-refractivity contribution in [1.29, 1.82) is 0 Å². The fourth-order valence-electron chi connectivity index (χ4n) is 1.11. The Morgan fingerprint density at radius 3 is 2.93 bits per heavy atom. The number of halogens is 1. The van der Waals surface area contributed by atoms with Gasteiger partial charge in [0.15, 0.2) is 0 Å². The standard InChI is InChI=1S/C11H14FNO2/c1-8-3-4-9(12)7-10(8)15-6-5-11(14)13-2/h3-4,7H,5-6H2,1-2H3,(H,13,14). The molecule has 15 heavy (non-hydrogen) atoms. The third-order valence-electron chi connectivity index (χ3n) is 2.02. The van der Waals surface area contributed by atoms with Crippen molar-refractivity contribution >= 4 is 5.91 Å². The number of carbonyl (C=O) groups excluding carboxylic acids is 1. The van der Waals surface area contributed by atoms with Gasteiger partial charge < -0.3 is 10.1 Å². The van der Waals surface area contributed by atoms with Crippen LogP contribution < -0.4 is 10.1 Å². The van der Waals surface area contributed by atoms with E-state index in [4.69, 9.17) is 4.74 Å². The lowest BCUT2D eigenvalue weighted by Gasteiger charge is -2.08. The van der Waals surface area contributed by atoms with Gasteiger partial charge in [0, 0.05) is 13.1 Å². The molecule has 4 heteroatoms. The van der Waals surface area contributed by atoms with Gasteiger partial charge in [-0.15, -0.1) is 0 Å². The molecule has 0 aliphatic carbocycles. The Balaban J connectivity index is 2.50. The van der Waals surface area contributed by atoms with E-state index in [0.29, 0.717) is 5.75 Å². The zero-order valence-corrected chi connectivity index (χ0v) is 8.84. The van der Waals surface area contributed by atoms with Crippen molar-refractivity contribution in [2.24, 2.45) is 0 Å². The maximum absolute atomic E-state index is 12.8. The smallest absolute Gasteiger partial charge is 0.223 e. The summed E-state index contributed by atoms with van der Waals surface area (Å²) in [5.41, 5.74) is 0.855. The second-order valence-corrected chi connectivity index (χ2v) is 3.18. The SMILES string of the molecule is CNC(=O)CCOc1cc(F)ccc1C. The number of hydrogen-bond donors (Lipinski definition) is 1. The van der Waals surface area contributed by atoms with Gasteiger partial charge in [-0.05, 0) is 18.6 Å². The lowest BCUT2D eigenvalue weighted by Crippen LogP contribution is -2.20. The van der Waals surface area contributed by atoms with Gasteiger partial charge in [0.05, 0.1) is 13.0 Å². The van der Waals surface area contributed by atoms with Crippen LogP contribution in [-0.2, 0) is 4.79 Å². The molecule has 1 rings (SSSR count). The van der Waals surface area contributed by atoms with E-state index < -0.39 is 0 Å². The summed E-state index contributed by atoms with van der Waals surface area (Å²) in [7, 11) is 1.57. The largest absolute Gasteiger partial charge is 0.493 e. The van der Waals surface area contributed by atoms with E-state index in [-0.39, 0.29) is 24.8 Å². The minimum absolute atomic E-state index is 0.0935. The van der Waals surface area contributed by atoms with Gasteiger partial charge in [-0.1, -0.05) is 6.07 Å². The van der Waals surface area contributed by atoms with Crippen molar-refractivity contribution in [3.8, 4) is 5.75 Å². The number of amides is 1. The highest BCUT2D eigenvalue weighted by atomic mass is 19.1. The molecule has 0 fully saturated rings. The van der Waals surface area contributed by atoms with Gasteiger partial charge in [-0.25, -0.2) is 4.39 Å². The molecule has 82 valence electrons. The number of benzene rings is 1. The van der Waals surface area contributed by atoms with Gasteiger partial charge in [0.1, 0.15) is 11.6 Å². The van der Waals surface area contributed by atoms with Crippen LogP contribution in [0.1, 0.15) is 12.0 Å². The lowest BCUT2D eigenvalue weighted by atomic mass is 10.2. The quantitative estimate of drug-likeness (QED) is 0.822. The van der Waals surface area contributed by atoms with E-state index in [0.717, 1.165) is 5.56 Å². The summed E-state index contributed by atoms with van der Waals surface area (Å²) in [6.07, 6.45) is 0.270. The van der Waals surface area contributed by atoms with E-state index in [1.54, 1.807) is 13.1 Å². The van der Waals surface area contributed by atoms with E-state index in [9.17, 15) is 9.18 Å². The molecule has 3 nitrogen and oxygen atoms in total. The molecule has 0 aliphatic heterocycles. The van der Waals surface area contributed by atoms with Crippen LogP contribution >= 0.6 is 0 Å². The molecule has 0 saturated heterocycles. The molecule has 0 saturated carbocycles. The molecular formula is C11H14FNO2. The van der Waals surface area contributed by atoms with Crippen molar-refractivity contribution in [3.63, 3.8) is 0 Å². The van der Waals surface area contributed by atoms with Crippen molar-refractivity contribution in [2.45, 2.75) is 13.3 Å². The Labute approximate surface area is 88.2 Å². The summed E-state index contributed by atoms with van der Waals surface area (Å²) in [5.74, 6) is 0.0542. The molecule has 0 aromatic heterocycles. The molecule has 1 N–H and O–H groups in total. The molecule has 0 atom stereocenters. The number of ether oxygens (including phenoxy) is 1. The summed E-state index contributed by atoms with van der Waals surface area (Å²) in [6, 6.07) is 4.34. The van der Waals surface area contributed by atoms with E-state index in [1.165, 1.54) is 12.1 Å². The number of nitrogens with one attached hydrogen (secondary N) is 1. The van der Waals surface area contributed by atoms with Gasteiger partial charge in [-0.3, -0.25) is 4.79 Å². The molecule has 0 radical (unpaired) electrons. The van der Waals surface area contributed by atoms with Gasteiger partial charge in [0.25, 0.3) is 0 Å². The second-order valence-electron chi connectivity index (χ2n) is 3.18. The molecule has 0 spiro atoms. The van der Waals surface area contributed by atoms with Crippen molar-refractivity contribution in [2.75, 3.05) is 13.7 Å². The molecule has 0 heterocycles. The van der Waals surface area contributed by atoms with E-state index in [2.05, 4.69) is 5.32 Å². The summed E-state index contributed by atoms with van der Waals surface area (Å²) < 4.78 is 18.1. The Hall–Kier alpha value is -1.58. The first-order chi connectivity index (χ1) is 7.13. The Bertz CT molecular complexity index is 352. The normalized spacial score (nSPS) is 9.80. The number of hydrogen-bond acceptors (Lipinski definition) is 2. The second kappa shape index (κ2) is 5.34. The number of rotatable bonds is 4. The zero-order chi connectivity index (χ0) is 11.3. The third-order valence-corrected chi connectivity index (χ3v) is 2.02. The molecule has 0 aliphatic rings. The van der Waals surface area contributed by atoms with Crippen LogP contribution in [0.15, 0.2) is 18.2 Å². The van der Waals surface area contributed by atoms with Crippen LogP contribution in [0.4, 0.5) is 4.39 Å². The maximum Gasteiger partial charge on any atom is 0.223 e. The summed E-state index contributed by atoms with van der Waals surface area (Å²) in [5, 5.41) is 2.48. The highest BCUT2D eigenvalue weighted by Crippen LogP contribution is 2.18. The molecule has 0 unspecified atom stereocenters. The summed E-state index contributed by atoms with van der Waals surface area (Å²) in [6.45, 7) is 2.08. The first-order valence-electron chi connectivity index (χ1n) is 4.73. The van der Waals surface area contributed by atoms with Crippen LogP contribution in [0, 0.1) is 12.7 Å². The monoisotopic (exact) mass is 211 g/mol. The van der Waals surface area contributed by atoms with Gasteiger partial charge in [0.2, 0.25) is 5.91 Å². The van der Waals surface area contributed by atoms with Gasteiger partial charge in [-0.2, -0.15) is 0 Å². The minimum Gasteiger partial charge on any atom is -0.493 e. The Morgan fingerprint density at radius 2 is 2.27 bits per heavy atom. The van der Waals surface area contributed by atoms with E-state index >= 15 is 0 Å². The molecule has 1 amide bonds. The van der Waals surface area contributed by atoms with Crippen molar-refractivity contribution in [3.05, 3.63) is 29.6 Å². The van der Waals surface area contributed by atoms with Crippen LogP contribution in [0.3, 0.4) is 0 Å². The van der Waals surface area contributed by atoms with Crippen LogP contribution in [0.2, 0.25) is 0 Å². The first-order valence-corrected chi connectivity index (χ1v) is 4.73. The highest BCUT2D eigenvalue weighted by molar-refractivity contribution is 5.75. The Morgan fingerprint density at radius 1 is 1.53 bits per heavy atom. The molecular weight excluding hydrogens is 197 g/mol. The Kier molecular flexibility index (Phi) is 4.09. The minimum atomic E-state index is -0.337. The van der Waals surface area contributed by atoms with Crippen molar-refractivity contribution in [1.82, 2.24) is 5.32 Å². The average molecular weight is 211 g/mol. The predicted molar refractivity (Wildman–Crippen MR) is 55.3 cm³/mol. The summed E-state index contributed by atoms with van der Waals surface area (Å²) in [4.78, 5) is 10.9. The topological polar surface area (TPSA) is 38.3 Å². The lowest BCUT2D eigenvalue weighted by molar-refractivity contribution is -0.121. The average Bonchev–Trinajstić information content (AvgIpc) is 2.23. The molecule has 1 aromatic rings. The maximum atomic E-state index is 12.8. The predicted octanol–water partition coefficient (Wildman–Crippen LogP) is 1.65. The molecule has 1 aromatic carbocycles. The highest BCUT2D eigenvalue weighted by Gasteiger charge is 2.03. The zero-order valence-electron chi connectivity index (χ0n) is 8.84. The van der Waals surface area contributed by atoms with Crippen LogP contribution in [0.5, 0.6) is 5.75 Å². The van der Waals surface area contributed by atoms with Gasteiger partial charge >= 0.3 is 0 Å². The number of aryl methyl sites for hydroxylation is 1. The van der Waals surface area contributed by atoms with Crippen LogP contribution in [-0.4, -0.2) is 19.6 Å². The fourth-order valence-corrected chi connectivity index (χ4v) is 1.11. The van der Waals surface area contributed by atoms with E-state index in [1.807, 2.05) is 6.92 Å². The fraction of sp³-hybridized carbons (Fsp3) is 0.364. The molecule has 0 bridgehead atoms. The first kappa shape index (κ1) is 11.5. The van der Waals surface area contributed by atoms with Crippen molar-refractivity contribution < 1.29 is 13.9 Å². The van der Waals surface area contributed by atoms with Crippen LogP contribution in [0.25, 0.3) is 0 Å². The third kappa shape index (κ3) is 3.58.